The van der Waals surface area contributed by atoms with Gasteiger partial charge in [-0.05, 0) is 30.7 Å². The van der Waals surface area contributed by atoms with Crippen molar-refractivity contribution >= 4 is 43.8 Å². The second-order valence-electron chi connectivity index (χ2n) is 5.23. The molecule has 0 saturated carbocycles. The number of anilines is 1. The topological polar surface area (TPSA) is 72.2 Å². The first-order chi connectivity index (χ1) is 10.5. The van der Waals surface area contributed by atoms with Gasteiger partial charge in [-0.3, -0.25) is 4.79 Å². The first-order valence-electron chi connectivity index (χ1n) is 6.75. The van der Waals surface area contributed by atoms with Crippen molar-refractivity contribution in [2.45, 2.75) is 26.7 Å². The number of fused-ring (bicyclic) bond motifs is 1. The van der Waals surface area contributed by atoms with Gasteiger partial charge in [-0.25, -0.2) is 0 Å². The third-order valence-corrected chi connectivity index (χ3v) is 4.55. The maximum Gasteiger partial charge on any atom is 0.286 e. The Balaban J connectivity index is 1.89. The molecule has 0 aliphatic carbocycles. The van der Waals surface area contributed by atoms with Gasteiger partial charge in [0.25, 0.3) is 5.91 Å². The van der Waals surface area contributed by atoms with Crippen molar-refractivity contribution in [1.82, 2.24) is 19.8 Å². The molecule has 0 atom stereocenters. The summed E-state index contributed by atoms with van der Waals surface area (Å²) >= 11 is 4.63. The lowest BCUT2D eigenvalue weighted by molar-refractivity contribution is 0.102. The number of halogens is 1. The zero-order valence-corrected chi connectivity index (χ0v) is 14.7. The maximum atomic E-state index is 12.4. The summed E-state index contributed by atoms with van der Waals surface area (Å²) in [6, 6.07) is 5.69. The third-order valence-electron chi connectivity index (χ3n) is 3.16. The van der Waals surface area contributed by atoms with Gasteiger partial charge in [-0.15, -0.1) is 15.3 Å². The summed E-state index contributed by atoms with van der Waals surface area (Å²) < 4.78 is 2.61. The number of carbonyl (C=O) groups is 1. The van der Waals surface area contributed by atoms with Gasteiger partial charge >= 0.3 is 0 Å². The molecular formula is C14H14BrN5OS. The van der Waals surface area contributed by atoms with Crippen molar-refractivity contribution in [3.63, 3.8) is 0 Å². The van der Waals surface area contributed by atoms with Crippen LogP contribution in [0.4, 0.5) is 5.69 Å². The van der Waals surface area contributed by atoms with Crippen molar-refractivity contribution in [2.75, 3.05) is 5.32 Å². The van der Waals surface area contributed by atoms with E-state index in [0.717, 1.165) is 21.5 Å². The molecule has 0 radical (unpaired) electrons. The Bertz CT molecular complexity index is 854. The van der Waals surface area contributed by atoms with Gasteiger partial charge in [0, 0.05) is 16.1 Å². The van der Waals surface area contributed by atoms with Gasteiger partial charge in [0.05, 0.1) is 0 Å². The number of rotatable bonds is 3. The minimum atomic E-state index is -0.240. The second-order valence-corrected chi connectivity index (χ2v) is 7.10. The first-order valence-corrected chi connectivity index (χ1v) is 8.36. The minimum Gasteiger partial charge on any atom is -0.320 e. The van der Waals surface area contributed by atoms with E-state index in [1.807, 2.05) is 39.0 Å². The number of nitrogens with zero attached hydrogens (tertiary/aromatic N) is 4. The number of benzene rings is 1. The second kappa shape index (κ2) is 5.77. The quantitative estimate of drug-likeness (QED) is 0.753. The summed E-state index contributed by atoms with van der Waals surface area (Å²) in [7, 11) is 0. The predicted octanol–water partition coefficient (Wildman–Crippen LogP) is 3.63. The fourth-order valence-electron chi connectivity index (χ4n) is 2.03. The van der Waals surface area contributed by atoms with Crippen LogP contribution in [0.15, 0.2) is 22.7 Å². The highest BCUT2D eigenvalue weighted by Gasteiger charge is 2.18. The molecule has 6 nitrogen and oxygen atoms in total. The van der Waals surface area contributed by atoms with E-state index in [1.54, 1.807) is 4.52 Å². The van der Waals surface area contributed by atoms with E-state index in [-0.39, 0.29) is 11.8 Å². The van der Waals surface area contributed by atoms with E-state index < -0.39 is 0 Å². The van der Waals surface area contributed by atoms with Crippen LogP contribution in [0.2, 0.25) is 0 Å². The van der Waals surface area contributed by atoms with E-state index in [1.165, 1.54) is 11.3 Å². The summed E-state index contributed by atoms with van der Waals surface area (Å²) in [6.07, 6.45) is 0. The molecule has 1 N–H and O–H groups in total. The van der Waals surface area contributed by atoms with Gasteiger partial charge < -0.3 is 5.32 Å². The SMILES string of the molecule is Cc1cc(Br)ccc1NC(=O)c1nn2c(C(C)C)nnc2s1. The Hall–Kier alpha value is -1.80. The number of nitrogens with one attached hydrogen (secondary N) is 1. The van der Waals surface area contributed by atoms with Crippen LogP contribution in [0.5, 0.6) is 0 Å². The zero-order chi connectivity index (χ0) is 15.9. The summed E-state index contributed by atoms with van der Waals surface area (Å²) in [5.74, 6) is 0.711. The van der Waals surface area contributed by atoms with Crippen LogP contribution in [-0.2, 0) is 0 Å². The normalized spacial score (nSPS) is 11.3. The smallest absolute Gasteiger partial charge is 0.286 e. The third kappa shape index (κ3) is 2.76. The molecule has 22 heavy (non-hydrogen) atoms. The average Bonchev–Trinajstić information content (AvgIpc) is 3.01. The average molecular weight is 380 g/mol. The fraction of sp³-hybridized carbons (Fsp3) is 0.286. The molecule has 8 heteroatoms. The molecule has 3 rings (SSSR count). The van der Waals surface area contributed by atoms with Gasteiger partial charge in [-0.2, -0.15) is 4.52 Å². The lowest BCUT2D eigenvalue weighted by Crippen LogP contribution is -2.13. The molecule has 1 amide bonds. The number of hydrogen-bond acceptors (Lipinski definition) is 5. The molecule has 114 valence electrons. The van der Waals surface area contributed by atoms with Crippen LogP contribution in [0.25, 0.3) is 4.96 Å². The van der Waals surface area contributed by atoms with Crippen LogP contribution < -0.4 is 5.32 Å². The number of aromatic nitrogens is 4. The largest absolute Gasteiger partial charge is 0.320 e. The highest BCUT2D eigenvalue weighted by Crippen LogP contribution is 2.22. The summed E-state index contributed by atoms with van der Waals surface area (Å²) in [5.41, 5.74) is 1.75. The molecule has 2 aromatic heterocycles. The number of aryl methyl sites for hydroxylation is 1. The molecule has 0 aliphatic rings. The van der Waals surface area contributed by atoms with E-state index in [0.29, 0.717) is 9.97 Å². The number of carbonyl (C=O) groups excluding carboxylic acids is 1. The van der Waals surface area contributed by atoms with Gasteiger partial charge in [0.1, 0.15) is 0 Å². The molecule has 0 unspecified atom stereocenters. The van der Waals surface area contributed by atoms with Crippen LogP contribution in [0.3, 0.4) is 0 Å². The molecule has 0 saturated heterocycles. The molecule has 0 fully saturated rings. The monoisotopic (exact) mass is 379 g/mol. The van der Waals surface area contributed by atoms with E-state index in [9.17, 15) is 4.79 Å². The van der Waals surface area contributed by atoms with Gasteiger partial charge in [0.15, 0.2) is 5.82 Å². The van der Waals surface area contributed by atoms with E-state index >= 15 is 0 Å². The Morgan fingerprint density at radius 3 is 2.82 bits per heavy atom. The van der Waals surface area contributed by atoms with Crippen LogP contribution in [0, 0.1) is 6.92 Å². The van der Waals surface area contributed by atoms with Gasteiger partial charge in [0.2, 0.25) is 9.97 Å². The molecule has 0 bridgehead atoms. The molecule has 1 aromatic carbocycles. The Morgan fingerprint density at radius 2 is 2.14 bits per heavy atom. The highest BCUT2D eigenvalue weighted by atomic mass is 79.9. The highest BCUT2D eigenvalue weighted by molar-refractivity contribution is 9.10. The number of hydrogen-bond donors (Lipinski definition) is 1. The van der Waals surface area contributed by atoms with Crippen molar-refractivity contribution in [2.24, 2.45) is 0 Å². The fourth-order valence-corrected chi connectivity index (χ4v) is 3.24. The van der Waals surface area contributed by atoms with Crippen molar-refractivity contribution in [3.8, 4) is 0 Å². The van der Waals surface area contributed by atoms with Crippen molar-refractivity contribution in [1.29, 1.82) is 0 Å². The summed E-state index contributed by atoms with van der Waals surface area (Å²) in [5, 5.41) is 15.7. The predicted molar refractivity (Wildman–Crippen MR) is 89.6 cm³/mol. The maximum absolute atomic E-state index is 12.4. The minimum absolute atomic E-state index is 0.196. The molecule has 2 heterocycles. The van der Waals surface area contributed by atoms with Crippen LogP contribution in [0.1, 0.15) is 41.0 Å². The Morgan fingerprint density at radius 1 is 1.36 bits per heavy atom. The lowest BCUT2D eigenvalue weighted by Gasteiger charge is -2.06. The van der Waals surface area contributed by atoms with Crippen LogP contribution in [-0.4, -0.2) is 25.7 Å². The van der Waals surface area contributed by atoms with E-state index in [4.69, 9.17) is 0 Å². The summed E-state index contributed by atoms with van der Waals surface area (Å²) in [6.45, 7) is 5.97. The Labute approximate surface area is 139 Å². The number of amides is 1. The Kier molecular flexibility index (Phi) is 3.96. The molecule has 0 aliphatic heterocycles. The summed E-state index contributed by atoms with van der Waals surface area (Å²) in [4.78, 5) is 13.0. The molecule has 3 aromatic rings. The van der Waals surface area contributed by atoms with Crippen LogP contribution >= 0.6 is 27.3 Å². The standard InChI is InChI=1S/C14H14BrN5OS/c1-7(2)11-17-18-14-20(11)19-13(22-14)12(21)16-10-5-4-9(15)6-8(10)3/h4-7H,1-3H3,(H,16,21). The van der Waals surface area contributed by atoms with Crippen molar-refractivity contribution in [3.05, 3.63) is 39.1 Å². The van der Waals surface area contributed by atoms with Crippen molar-refractivity contribution < 1.29 is 4.79 Å². The van der Waals surface area contributed by atoms with Gasteiger partial charge in [-0.1, -0.05) is 41.1 Å². The zero-order valence-electron chi connectivity index (χ0n) is 12.3. The first kappa shape index (κ1) is 15.1. The molecule has 0 spiro atoms. The lowest BCUT2D eigenvalue weighted by atomic mass is 10.2. The molecular weight excluding hydrogens is 366 g/mol. The van der Waals surface area contributed by atoms with E-state index in [2.05, 4.69) is 36.5 Å².